The van der Waals surface area contributed by atoms with Gasteiger partial charge in [-0.25, -0.2) is 14.8 Å². The molecule has 6 heteroatoms. The molecule has 20 heavy (non-hydrogen) atoms. The van der Waals surface area contributed by atoms with Crippen molar-refractivity contribution in [1.82, 2.24) is 9.97 Å². The fourth-order valence-electron chi connectivity index (χ4n) is 2.19. The summed E-state index contributed by atoms with van der Waals surface area (Å²) >= 11 is 0. The molecule has 1 fully saturated rings. The lowest BCUT2D eigenvalue weighted by molar-refractivity contribution is 0.0300. The third-order valence-corrected chi connectivity index (χ3v) is 3.62. The summed E-state index contributed by atoms with van der Waals surface area (Å²) in [5.41, 5.74) is 0.933. The van der Waals surface area contributed by atoms with Crippen molar-refractivity contribution in [2.45, 2.75) is 26.7 Å². The van der Waals surface area contributed by atoms with E-state index in [2.05, 4.69) is 26.9 Å². The summed E-state index contributed by atoms with van der Waals surface area (Å²) in [5.74, 6) is 0.228. The topological polar surface area (TPSA) is 73.3 Å². The van der Waals surface area contributed by atoms with Gasteiger partial charge in [0, 0.05) is 31.5 Å². The smallest absolute Gasteiger partial charge is 0.376 e. The number of methoxy groups -OCH3 is 1. The van der Waals surface area contributed by atoms with Gasteiger partial charge in [0.15, 0.2) is 0 Å². The van der Waals surface area contributed by atoms with Gasteiger partial charge in [-0.3, -0.25) is 0 Å². The number of ether oxygens (including phenoxy) is 2. The predicted molar refractivity (Wildman–Crippen MR) is 74.8 cm³/mol. The van der Waals surface area contributed by atoms with E-state index >= 15 is 0 Å². The van der Waals surface area contributed by atoms with Crippen LogP contribution in [0.1, 0.15) is 36.1 Å². The van der Waals surface area contributed by atoms with E-state index < -0.39 is 5.97 Å². The maximum atomic E-state index is 11.5. The zero-order chi connectivity index (χ0) is 14.6. The summed E-state index contributed by atoms with van der Waals surface area (Å²) in [6.45, 7) is 6.46. The van der Waals surface area contributed by atoms with Gasteiger partial charge in [-0.2, -0.15) is 0 Å². The summed E-state index contributed by atoms with van der Waals surface area (Å²) < 4.78 is 10.0. The number of carbonyl (C=O) groups is 1. The van der Waals surface area contributed by atoms with Crippen molar-refractivity contribution >= 4 is 11.8 Å². The molecule has 0 unspecified atom stereocenters. The van der Waals surface area contributed by atoms with Crippen LogP contribution in [0.15, 0.2) is 6.07 Å². The fourth-order valence-corrected chi connectivity index (χ4v) is 2.19. The lowest BCUT2D eigenvalue weighted by atomic mass is 9.82. The molecule has 0 saturated carbocycles. The molecule has 0 radical (unpaired) electrons. The Kier molecular flexibility index (Phi) is 4.54. The van der Waals surface area contributed by atoms with Gasteiger partial charge in [0.1, 0.15) is 5.82 Å². The highest BCUT2D eigenvalue weighted by Crippen LogP contribution is 2.29. The normalized spacial score (nSPS) is 17.6. The fraction of sp³-hybridized carbons (Fsp3) is 0.643. The van der Waals surface area contributed by atoms with Gasteiger partial charge in [-0.1, -0.05) is 6.92 Å². The molecule has 1 aromatic rings. The highest BCUT2D eigenvalue weighted by atomic mass is 16.5. The summed E-state index contributed by atoms with van der Waals surface area (Å²) in [6, 6.07) is 1.83. The predicted octanol–water partition coefficient (Wildman–Crippen LogP) is 1.80. The van der Waals surface area contributed by atoms with Gasteiger partial charge in [0.05, 0.1) is 7.11 Å². The molecule has 2 heterocycles. The maximum Gasteiger partial charge on any atom is 0.376 e. The van der Waals surface area contributed by atoms with Crippen LogP contribution >= 0.6 is 0 Å². The zero-order valence-corrected chi connectivity index (χ0v) is 12.2. The number of hydrogen-bond acceptors (Lipinski definition) is 6. The molecule has 0 aromatic carbocycles. The van der Waals surface area contributed by atoms with Crippen molar-refractivity contribution in [2.24, 2.45) is 5.41 Å². The Morgan fingerprint density at radius 3 is 2.80 bits per heavy atom. The molecule has 2 rings (SSSR count). The molecule has 0 bridgehead atoms. The lowest BCUT2D eigenvalue weighted by Crippen LogP contribution is -2.33. The van der Waals surface area contributed by atoms with E-state index in [1.807, 2.05) is 13.0 Å². The lowest BCUT2D eigenvalue weighted by Gasteiger charge is -2.33. The number of anilines is 1. The van der Waals surface area contributed by atoms with Crippen LogP contribution in [0.4, 0.5) is 5.82 Å². The molecule has 1 aromatic heterocycles. The standard InChI is InChI=1S/C14H21N3O3/c1-10-8-11(17-12(16-10)13(18)19-3)15-9-14(2)4-6-20-7-5-14/h8H,4-7,9H2,1-3H3,(H,15,16,17). The molecule has 1 aliphatic rings. The van der Waals surface area contributed by atoms with Crippen molar-refractivity contribution in [3.05, 3.63) is 17.6 Å². The Hall–Kier alpha value is -1.69. The number of carbonyl (C=O) groups excluding carboxylic acids is 1. The number of aryl methyl sites for hydroxylation is 1. The van der Waals surface area contributed by atoms with Gasteiger partial charge in [0.25, 0.3) is 0 Å². The molecule has 110 valence electrons. The summed E-state index contributed by atoms with van der Waals surface area (Å²) in [6.07, 6.45) is 2.04. The molecule has 1 N–H and O–H groups in total. The van der Waals surface area contributed by atoms with E-state index in [0.29, 0.717) is 5.82 Å². The van der Waals surface area contributed by atoms with E-state index in [4.69, 9.17) is 4.74 Å². The monoisotopic (exact) mass is 279 g/mol. The Bertz CT molecular complexity index is 485. The highest BCUT2D eigenvalue weighted by molar-refractivity contribution is 5.85. The average Bonchev–Trinajstić information content (AvgIpc) is 2.45. The van der Waals surface area contributed by atoms with Gasteiger partial charge >= 0.3 is 5.97 Å². The van der Waals surface area contributed by atoms with E-state index in [1.54, 1.807) is 0 Å². The third kappa shape index (κ3) is 3.66. The first-order valence-electron chi connectivity index (χ1n) is 6.78. The average molecular weight is 279 g/mol. The Balaban J connectivity index is 2.05. The van der Waals surface area contributed by atoms with Crippen LogP contribution in [0.2, 0.25) is 0 Å². The van der Waals surface area contributed by atoms with Gasteiger partial charge in [0.2, 0.25) is 5.82 Å². The molecule has 1 saturated heterocycles. The molecule has 0 spiro atoms. The van der Waals surface area contributed by atoms with Crippen molar-refractivity contribution in [1.29, 1.82) is 0 Å². The molecule has 1 aliphatic heterocycles. The molecule has 0 aliphatic carbocycles. The van der Waals surface area contributed by atoms with Crippen LogP contribution in [0.3, 0.4) is 0 Å². The number of nitrogens with zero attached hydrogens (tertiary/aromatic N) is 2. The second kappa shape index (κ2) is 6.17. The minimum atomic E-state index is -0.519. The number of aromatic nitrogens is 2. The molecule has 0 atom stereocenters. The number of esters is 1. The minimum Gasteiger partial charge on any atom is -0.463 e. The first-order valence-corrected chi connectivity index (χ1v) is 6.78. The largest absolute Gasteiger partial charge is 0.463 e. The van der Waals surface area contributed by atoms with E-state index in [9.17, 15) is 4.79 Å². The number of hydrogen-bond donors (Lipinski definition) is 1. The Morgan fingerprint density at radius 2 is 2.15 bits per heavy atom. The van der Waals surface area contributed by atoms with Crippen molar-refractivity contribution in [2.75, 3.05) is 32.2 Å². The maximum absolute atomic E-state index is 11.5. The first kappa shape index (κ1) is 14.7. The van der Waals surface area contributed by atoms with Gasteiger partial charge in [-0.15, -0.1) is 0 Å². The zero-order valence-electron chi connectivity index (χ0n) is 12.2. The van der Waals surface area contributed by atoms with Crippen LogP contribution in [0.5, 0.6) is 0 Å². The van der Waals surface area contributed by atoms with Crippen LogP contribution in [0.25, 0.3) is 0 Å². The quantitative estimate of drug-likeness (QED) is 0.847. The van der Waals surface area contributed by atoms with Gasteiger partial charge < -0.3 is 14.8 Å². The van der Waals surface area contributed by atoms with Crippen molar-refractivity contribution in [3.63, 3.8) is 0 Å². The van der Waals surface area contributed by atoms with E-state index in [0.717, 1.165) is 38.3 Å². The van der Waals surface area contributed by atoms with Crippen LogP contribution in [-0.2, 0) is 9.47 Å². The highest BCUT2D eigenvalue weighted by Gasteiger charge is 2.27. The van der Waals surface area contributed by atoms with E-state index in [-0.39, 0.29) is 11.2 Å². The van der Waals surface area contributed by atoms with Gasteiger partial charge in [-0.05, 0) is 25.2 Å². The van der Waals surface area contributed by atoms with Crippen molar-refractivity contribution in [3.8, 4) is 0 Å². The van der Waals surface area contributed by atoms with Crippen molar-refractivity contribution < 1.29 is 14.3 Å². The Labute approximate surface area is 118 Å². The second-order valence-corrected chi connectivity index (χ2v) is 5.49. The Morgan fingerprint density at radius 1 is 1.45 bits per heavy atom. The van der Waals surface area contributed by atoms with Crippen LogP contribution < -0.4 is 5.32 Å². The molecule has 6 nitrogen and oxygen atoms in total. The van der Waals surface area contributed by atoms with E-state index in [1.165, 1.54) is 7.11 Å². The third-order valence-electron chi connectivity index (χ3n) is 3.62. The van der Waals surface area contributed by atoms with Crippen LogP contribution in [0, 0.1) is 12.3 Å². The second-order valence-electron chi connectivity index (χ2n) is 5.49. The summed E-state index contributed by atoms with van der Waals surface area (Å²) in [5, 5.41) is 3.30. The summed E-state index contributed by atoms with van der Waals surface area (Å²) in [4.78, 5) is 19.8. The SMILES string of the molecule is COC(=O)c1nc(C)cc(NCC2(C)CCOCC2)n1. The first-order chi connectivity index (χ1) is 9.52. The van der Waals surface area contributed by atoms with Crippen LogP contribution in [-0.4, -0.2) is 42.8 Å². The number of nitrogens with one attached hydrogen (secondary N) is 1. The summed E-state index contributed by atoms with van der Waals surface area (Å²) in [7, 11) is 1.32. The minimum absolute atomic E-state index is 0.0899. The molecular formula is C14H21N3O3. The number of rotatable bonds is 4. The molecular weight excluding hydrogens is 258 g/mol. The molecule has 0 amide bonds.